The smallest absolute Gasteiger partial charge is 0.0662 e. The van der Waals surface area contributed by atoms with Crippen LogP contribution in [0.5, 0.6) is 0 Å². The van der Waals surface area contributed by atoms with E-state index in [0.717, 1.165) is 0 Å². The van der Waals surface area contributed by atoms with Crippen LogP contribution in [-0.4, -0.2) is 60.3 Å². The Hall–Kier alpha value is -0.150. The van der Waals surface area contributed by atoms with Gasteiger partial charge in [-0.15, -0.1) is 0 Å². The first kappa shape index (κ1) is 15.3. The molecule has 0 aliphatic rings. The second-order valence-corrected chi connectivity index (χ2v) is 3.15. The summed E-state index contributed by atoms with van der Waals surface area (Å²) in [5, 5.41) is 23.7. The number of aliphatic hydroxyl groups excluding tert-OH is 3. The van der Waals surface area contributed by atoms with E-state index < -0.39 is 0 Å². The zero-order valence-corrected chi connectivity index (χ0v) is 8.87. The van der Waals surface area contributed by atoms with Crippen molar-refractivity contribution in [2.75, 3.05) is 40.5 Å². The van der Waals surface area contributed by atoms with Crippen LogP contribution in [0.25, 0.3) is 0 Å². The van der Waals surface area contributed by atoms with Gasteiger partial charge >= 0.3 is 55.1 Å². The Kier molecular flexibility index (Phi) is 11.7. The summed E-state index contributed by atoms with van der Waals surface area (Å²) in [6.45, 7) is 0.394. The van der Waals surface area contributed by atoms with Crippen LogP contribution in [0.15, 0.2) is 0 Å². The van der Waals surface area contributed by atoms with Crippen LogP contribution < -0.4 is 0 Å². The Balaban J connectivity index is 0. The van der Waals surface area contributed by atoms with Crippen molar-refractivity contribution in [1.82, 2.24) is 0 Å². The van der Waals surface area contributed by atoms with Crippen molar-refractivity contribution < 1.29 is 24.4 Å². The molecule has 78 valence electrons. The van der Waals surface area contributed by atoms with Gasteiger partial charge in [0.2, 0.25) is 0 Å². The molecule has 0 aromatic heterocycles. The van der Waals surface area contributed by atoms with Gasteiger partial charge in [-0.3, -0.25) is 0 Å². The van der Waals surface area contributed by atoms with Crippen molar-refractivity contribution >= 4 is 7.92 Å². The fraction of sp³-hybridized carbons (Fsp3) is 0.857. The normalized spacial score (nSPS) is 9.62. The molecular formula is C7H17NO4P+. The molecule has 0 atom stereocenters. The Bertz CT molecular complexity index is 198. The van der Waals surface area contributed by atoms with Crippen LogP contribution in [0.3, 0.4) is 0 Å². The average Bonchev–Trinajstić information content (AvgIpc) is 2.04. The quantitative estimate of drug-likeness (QED) is 0.422. The zero-order valence-electron chi connectivity index (χ0n) is 7.97. The molecule has 0 amide bonds. The van der Waals surface area contributed by atoms with Crippen molar-refractivity contribution in [3.05, 3.63) is 0 Å². The van der Waals surface area contributed by atoms with Gasteiger partial charge in [0.25, 0.3) is 0 Å². The molecule has 3 N–H and O–H groups in total. The second kappa shape index (κ2) is 9.93. The van der Waals surface area contributed by atoms with E-state index in [-0.39, 0.29) is 27.7 Å². The average molecular weight is 210 g/mol. The number of likely N-dealkylation sites (N-methyl/N-ethyl adjacent to an activating group) is 1. The van der Waals surface area contributed by atoms with E-state index in [4.69, 9.17) is 15.3 Å². The number of aliphatic hydroxyl groups is 3. The molecule has 0 rings (SSSR count). The Labute approximate surface area is 79.3 Å². The largest absolute Gasteiger partial charge is 0.394 e. The maximum absolute atomic E-state index is 9.98. The van der Waals surface area contributed by atoms with Gasteiger partial charge in [0.05, 0.1) is 13.2 Å². The first-order valence-electron chi connectivity index (χ1n) is 3.79. The van der Waals surface area contributed by atoms with Crippen LogP contribution >= 0.6 is 7.92 Å². The molecule has 0 radical (unpaired) electrons. The first-order valence-corrected chi connectivity index (χ1v) is 4.60. The van der Waals surface area contributed by atoms with Crippen molar-refractivity contribution in [1.29, 1.82) is 0 Å². The SMILES string of the molecule is C[N+](C)(C#P=O)CCO.OCCO. The van der Waals surface area contributed by atoms with E-state index in [1.807, 2.05) is 14.1 Å². The zero-order chi connectivity index (χ0) is 10.7. The van der Waals surface area contributed by atoms with Gasteiger partial charge in [0, 0.05) is 0 Å². The molecule has 0 saturated carbocycles. The molecule has 0 saturated heterocycles. The number of rotatable bonds is 3. The second-order valence-electron chi connectivity index (χ2n) is 2.77. The minimum Gasteiger partial charge on any atom is -0.394 e. The van der Waals surface area contributed by atoms with Gasteiger partial charge in [-0.25, -0.2) is 0 Å². The van der Waals surface area contributed by atoms with Crippen LogP contribution in [0.2, 0.25) is 0 Å². The number of nitrogens with zero attached hydrogens (tertiary/aromatic N) is 1. The first-order chi connectivity index (χ1) is 6.04. The standard InChI is InChI=1S/C5H11NO2P.C2H6O2/c1-6(2,3-4-7)5-9-8;3-1-2-4/h7H,3-4H2,1-2H3;3-4H,1-2H2/q+1;. The number of hydrogen-bond donors (Lipinski definition) is 3. The fourth-order valence-electron chi connectivity index (χ4n) is 0.411. The molecule has 0 aromatic rings. The summed E-state index contributed by atoms with van der Waals surface area (Å²) >= 11 is 0. The van der Waals surface area contributed by atoms with Gasteiger partial charge in [-0.05, 0) is 0 Å². The Morgan fingerprint density at radius 1 is 1.15 bits per heavy atom. The summed E-state index contributed by atoms with van der Waals surface area (Å²) < 4.78 is 10.3. The van der Waals surface area contributed by atoms with E-state index >= 15 is 0 Å². The Morgan fingerprint density at radius 2 is 1.62 bits per heavy atom. The summed E-state index contributed by atoms with van der Waals surface area (Å²) in [6, 6.07) is 0. The van der Waals surface area contributed by atoms with E-state index in [2.05, 4.69) is 5.75 Å². The maximum Gasteiger partial charge on any atom is 0.0662 e. The van der Waals surface area contributed by atoms with Crippen LogP contribution in [0, 0.1) is 5.75 Å². The molecule has 0 heterocycles. The third-order valence-corrected chi connectivity index (χ3v) is 1.69. The summed E-state index contributed by atoms with van der Waals surface area (Å²) in [5.74, 6) is 2.62. The monoisotopic (exact) mass is 210 g/mol. The van der Waals surface area contributed by atoms with E-state index in [1.165, 1.54) is 0 Å². The van der Waals surface area contributed by atoms with Gasteiger partial charge in [0.1, 0.15) is 0 Å². The molecule has 0 spiro atoms. The molecule has 0 fully saturated rings. The predicted molar refractivity (Wildman–Crippen MR) is 49.7 cm³/mol. The molecule has 5 nitrogen and oxygen atoms in total. The molecule has 0 aliphatic heterocycles. The minimum absolute atomic E-state index is 0.0928. The number of quaternary nitrogens is 1. The van der Waals surface area contributed by atoms with E-state index in [0.29, 0.717) is 11.0 Å². The third-order valence-electron chi connectivity index (χ3n) is 1.07. The maximum atomic E-state index is 9.98. The minimum atomic E-state index is -0.125. The molecule has 0 aliphatic carbocycles. The molecule has 0 unspecified atom stereocenters. The topological polar surface area (TPSA) is 77.8 Å². The molecule has 0 aromatic carbocycles. The molecule has 0 bridgehead atoms. The Morgan fingerprint density at radius 3 is 1.85 bits per heavy atom. The van der Waals surface area contributed by atoms with Crippen LogP contribution in [0.4, 0.5) is 0 Å². The summed E-state index contributed by atoms with van der Waals surface area (Å²) in [6.07, 6.45) is 0. The van der Waals surface area contributed by atoms with Crippen molar-refractivity contribution in [3.63, 3.8) is 0 Å². The summed E-state index contributed by atoms with van der Waals surface area (Å²) in [5.41, 5.74) is 0. The predicted octanol–water partition coefficient (Wildman–Crippen LogP) is -0.766. The molecule has 6 heteroatoms. The molecular weight excluding hydrogens is 193 g/mol. The van der Waals surface area contributed by atoms with Crippen LogP contribution in [-0.2, 0) is 4.57 Å². The van der Waals surface area contributed by atoms with Gasteiger partial charge in [-0.1, -0.05) is 0 Å². The summed E-state index contributed by atoms with van der Waals surface area (Å²) in [7, 11) is 3.54. The molecule has 13 heavy (non-hydrogen) atoms. The van der Waals surface area contributed by atoms with Crippen molar-refractivity contribution in [3.8, 4) is 5.75 Å². The van der Waals surface area contributed by atoms with Crippen LogP contribution in [0.1, 0.15) is 0 Å². The van der Waals surface area contributed by atoms with Gasteiger partial charge < -0.3 is 10.2 Å². The van der Waals surface area contributed by atoms with Crippen molar-refractivity contribution in [2.24, 2.45) is 0 Å². The van der Waals surface area contributed by atoms with Gasteiger partial charge in [0.15, 0.2) is 0 Å². The third kappa shape index (κ3) is 14.7. The number of hydrogen-bond acceptors (Lipinski definition) is 4. The van der Waals surface area contributed by atoms with Gasteiger partial charge in [-0.2, -0.15) is 0 Å². The fourth-order valence-corrected chi connectivity index (χ4v) is 0.732. The summed E-state index contributed by atoms with van der Waals surface area (Å²) in [4.78, 5) is 0. The van der Waals surface area contributed by atoms with E-state index in [1.54, 1.807) is 0 Å². The van der Waals surface area contributed by atoms with E-state index in [9.17, 15) is 4.57 Å². The van der Waals surface area contributed by atoms with Crippen molar-refractivity contribution in [2.45, 2.75) is 0 Å².